The molecule has 4 aromatic rings. The number of benzene rings is 2. The van der Waals surface area contributed by atoms with Gasteiger partial charge in [0.1, 0.15) is 5.75 Å². The molecule has 0 N–H and O–H groups in total. The predicted octanol–water partition coefficient (Wildman–Crippen LogP) is 4.22. The van der Waals surface area contributed by atoms with E-state index in [-0.39, 0.29) is 12.5 Å². The van der Waals surface area contributed by atoms with E-state index in [1.54, 1.807) is 15.8 Å². The van der Waals surface area contributed by atoms with E-state index in [0.717, 1.165) is 15.8 Å². The molecule has 1 amide bonds. The van der Waals surface area contributed by atoms with Crippen LogP contribution in [0.25, 0.3) is 10.2 Å². The third-order valence-corrected chi connectivity index (χ3v) is 5.59. The van der Waals surface area contributed by atoms with Crippen molar-refractivity contribution in [3.8, 4) is 5.75 Å². The topological polar surface area (TPSA) is 60.2 Å². The summed E-state index contributed by atoms with van der Waals surface area (Å²) in [4.78, 5) is 19.5. The summed E-state index contributed by atoms with van der Waals surface area (Å²) in [6, 6.07) is 15.4. The zero-order valence-electron chi connectivity index (χ0n) is 16.4. The van der Waals surface area contributed by atoms with E-state index < -0.39 is 0 Å². The second-order valence-corrected chi connectivity index (χ2v) is 7.85. The highest BCUT2D eigenvalue weighted by molar-refractivity contribution is 7.22. The average molecular weight is 407 g/mol. The number of amides is 1. The Morgan fingerprint density at radius 1 is 1.17 bits per heavy atom. The molecule has 2 heterocycles. The van der Waals surface area contributed by atoms with Crippen LogP contribution in [0.3, 0.4) is 0 Å². The van der Waals surface area contributed by atoms with Crippen LogP contribution in [-0.2, 0) is 11.3 Å². The first-order valence-corrected chi connectivity index (χ1v) is 10.3. The molecule has 7 heteroatoms. The average Bonchev–Trinajstić information content (AvgIpc) is 3.37. The van der Waals surface area contributed by atoms with E-state index >= 15 is 0 Å². The van der Waals surface area contributed by atoms with Crippen LogP contribution in [0.2, 0.25) is 0 Å². The summed E-state index contributed by atoms with van der Waals surface area (Å²) >= 11 is 1.53. The van der Waals surface area contributed by atoms with Crippen molar-refractivity contribution in [1.29, 1.82) is 0 Å². The molecule has 0 atom stereocenters. The van der Waals surface area contributed by atoms with Crippen molar-refractivity contribution in [3.05, 3.63) is 72.1 Å². The molecule has 29 heavy (non-hydrogen) atoms. The van der Waals surface area contributed by atoms with E-state index in [9.17, 15) is 4.79 Å². The number of thiazole rings is 1. The second-order valence-electron chi connectivity index (χ2n) is 6.84. The first kappa shape index (κ1) is 19.1. The third kappa shape index (κ3) is 4.46. The van der Waals surface area contributed by atoms with E-state index in [2.05, 4.69) is 24.2 Å². The number of aryl methyl sites for hydroxylation is 2. The lowest BCUT2D eigenvalue weighted by atomic mass is 10.1. The minimum Gasteiger partial charge on any atom is -0.484 e. The van der Waals surface area contributed by atoms with Crippen LogP contribution in [0.5, 0.6) is 5.75 Å². The van der Waals surface area contributed by atoms with Crippen LogP contribution < -0.4 is 9.64 Å². The van der Waals surface area contributed by atoms with Crippen molar-refractivity contribution in [2.45, 2.75) is 20.4 Å². The van der Waals surface area contributed by atoms with Crippen LogP contribution in [0.1, 0.15) is 11.1 Å². The van der Waals surface area contributed by atoms with Gasteiger partial charge in [-0.3, -0.25) is 14.4 Å². The second kappa shape index (κ2) is 8.45. The Hall–Kier alpha value is -3.19. The number of hydrogen-bond donors (Lipinski definition) is 0. The molecular formula is C22H22N4O2S. The quantitative estimate of drug-likeness (QED) is 0.461. The molecular weight excluding hydrogens is 384 g/mol. The van der Waals surface area contributed by atoms with Crippen LogP contribution in [0.4, 0.5) is 5.13 Å². The molecule has 0 aliphatic rings. The molecule has 0 bridgehead atoms. The summed E-state index contributed by atoms with van der Waals surface area (Å²) in [6.07, 6.45) is 3.61. The fraction of sp³-hybridized carbons (Fsp3) is 0.227. The number of para-hydroxylation sites is 1. The zero-order chi connectivity index (χ0) is 20.2. The maximum atomic E-state index is 13.0. The maximum Gasteiger partial charge on any atom is 0.266 e. The molecule has 0 unspecified atom stereocenters. The number of nitrogens with zero attached hydrogens (tertiary/aromatic N) is 4. The number of aromatic nitrogens is 3. The highest BCUT2D eigenvalue weighted by atomic mass is 32.1. The van der Waals surface area contributed by atoms with Gasteiger partial charge in [0.2, 0.25) is 0 Å². The molecule has 0 saturated carbocycles. The number of ether oxygens (including phenoxy) is 1. The molecule has 0 fully saturated rings. The normalized spacial score (nSPS) is 11.0. The summed E-state index contributed by atoms with van der Waals surface area (Å²) in [5.41, 5.74) is 3.24. The maximum absolute atomic E-state index is 13.0. The molecule has 0 spiro atoms. The highest BCUT2D eigenvalue weighted by Crippen LogP contribution is 2.31. The number of hydrogen-bond acceptors (Lipinski definition) is 5. The van der Waals surface area contributed by atoms with Crippen molar-refractivity contribution >= 4 is 32.6 Å². The third-order valence-electron chi connectivity index (χ3n) is 4.57. The molecule has 0 aliphatic carbocycles. The van der Waals surface area contributed by atoms with Gasteiger partial charge in [-0.1, -0.05) is 35.6 Å². The monoisotopic (exact) mass is 406 g/mol. The number of rotatable bonds is 7. The molecule has 4 rings (SSSR count). The minimum absolute atomic E-state index is 0.0446. The van der Waals surface area contributed by atoms with Crippen molar-refractivity contribution in [3.63, 3.8) is 0 Å². The van der Waals surface area contributed by atoms with Crippen LogP contribution in [0.15, 0.2) is 60.9 Å². The lowest BCUT2D eigenvalue weighted by Crippen LogP contribution is -2.37. The van der Waals surface area contributed by atoms with Gasteiger partial charge in [-0.25, -0.2) is 4.98 Å². The van der Waals surface area contributed by atoms with E-state index in [1.165, 1.54) is 16.9 Å². The van der Waals surface area contributed by atoms with Gasteiger partial charge in [0.25, 0.3) is 5.91 Å². The van der Waals surface area contributed by atoms with E-state index in [0.29, 0.717) is 24.0 Å². The van der Waals surface area contributed by atoms with Crippen LogP contribution in [0, 0.1) is 13.8 Å². The Bertz CT molecular complexity index is 1110. The molecule has 0 radical (unpaired) electrons. The van der Waals surface area contributed by atoms with Gasteiger partial charge in [0.05, 0.1) is 16.8 Å². The van der Waals surface area contributed by atoms with Crippen molar-refractivity contribution in [2.24, 2.45) is 0 Å². The minimum atomic E-state index is -0.130. The van der Waals surface area contributed by atoms with Crippen molar-refractivity contribution in [1.82, 2.24) is 14.8 Å². The van der Waals surface area contributed by atoms with E-state index in [4.69, 9.17) is 9.72 Å². The molecule has 2 aromatic carbocycles. The SMILES string of the molecule is Cc1cc(C)c2nc(N(CCn3cccn3)C(=O)COc3ccccc3)sc2c1. The van der Waals surface area contributed by atoms with E-state index in [1.807, 2.05) is 49.5 Å². The summed E-state index contributed by atoms with van der Waals surface area (Å²) in [7, 11) is 0. The number of carbonyl (C=O) groups is 1. The summed E-state index contributed by atoms with van der Waals surface area (Å²) in [6.45, 7) is 5.12. The lowest BCUT2D eigenvalue weighted by molar-refractivity contribution is -0.120. The number of carbonyl (C=O) groups excluding carboxylic acids is 1. The zero-order valence-corrected chi connectivity index (χ0v) is 17.2. The van der Waals surface area contributed by atoms with Gasteiger partial charge in [-0.2, -0.15) is 5.10 Å². The van der Waals surface area contributed by atoms with Gasteiger partial charge < -0.3 is 4.74 Å². The Labute approximate surface area is 173 Å². The largest absolute Gasteiger partial charge is 0.484 e. The van der Waals surface area contributed by atoms with Crippen LogP contribution >= 0.6 is 11.3 Å². The van der Waals surface area contributed by atoms with Gasteiger partial charge in [0, 0.05) is 18.9 Å². The smallest absolute Gasteiger partial charge is 0.266 e. The first-order valence-electron chi connectivity index (χ1n) is 9.43. The molecule has 6 nitrogen and oxygen atoms in total. The van der Waals surface area contributed by atoms with Gasteiger partial charge >= 0.3 is 0 Å². The Kier molecular flexibility index (Phi) is 5.57. The Morgan fingerprint density at radius 3 is 2.76 bits per heavy atom. The lowest BCUT2D eigenvalue weighted by Gasteiger charge is -2.20. The fourth-order valence-electron chi connectivity index (χ4n) is 3.18. The fourth-order valence-corrected chi connectivity index (χ4v) is 4.36. The van der Waals surface area contributed by atoms with Gasteiger partial charge in [0.15, 0.2) is 11.7 Å². The molecule has 0 saturated heterocycles. The standard InChI is InChI=1S/C22H22N4O2S/c1-16-13-17(2)21-19(14-16)29-22(24-21)26(12-11-25-10-6-9-23-25)20(27)15-28-18-7-4-3-5-8-18/h3-10,13-14H,11-12,15H2,1-2H3. The number of fused-ring (bicyclic) bond motifs is 1. The Morgan fingerprint density at radius 2 is 2.00 bits per heavy atom. The predicted molar refractivity (Wildman–Crippen MR) is 116 cm³/mol. The molecule has 0 aliphatic heterocycles. The molecule has 148 valence electrons. The van der Waals surface area contributed by atoms with Crippen molar-refractivity contribution < 1.29 is 9.53 Å². The van der Waals surface area contributed by atoms with Gasteiger partial charge in [-0.05, 0) is 49.2 Å². The van der Waals surface area contributed by atoms with Crippen LogP contribution in [-0.4, -0.2) is 33.8 Å². The van der Waals surface area contributed by atoms with Crippen molar-refractivity contribution in [2.75, 3.05) is 18.1 Å². The number of anilines is 1. The summed E-state index contributed by atoms with van der Waals surface area (Å²) < 4.78 is 8.58. The summed E-state index contributed by atoms with van der Waals surface area (Å²) in [5, 5.41) is 4.92. The van der Waals surface area contributed by atoms with Gasteiger partial charge in [-0.15, -0.1) is 0 Å². The first-order chi connectivity index (χ1) is 14.1. The highest BCUT2D eigenvalue weighted by Gasteiger charge is 2.21. The molecule has 2 aromatic heterocycles. The Balaban J connectivity index is 1.58. The summed E-state index contributed by atoms with van der Waals surface area (Å²) in [5.74, 6) is 0.540.